The van der Waals surface area contributed by atoms with E-state index in [1.54, 1.807) is 12.4 Å². The van der Waals surface area contributed by atoms with Gasteiger partial charge in [0, 0.05) is 37.4 Å². The maximum atomic E-state index is 12.1. The number of likely N-dealkylation sites (tertiary alicyclic amines) is 1. The molecule has 3 aromatic rings. The Morgan fingerprint density at radius 1 is 1.07 bits per heavy atom. The topological polar surface area (TPSA) is 206 Å². The molecule has 2 saturated carbocycles. The van der Waals surface area contributed by atoms with Gasteiger partial charge in [0.25, 0.3) is 0 Å². The highest BCUT2D eigenvalue weighted by Gasteiger charge is 2.36. The number of hydrogen-bond acceptors (Lipinski definition) is 12. The highest BCUT2D eigenvalue weighted by molar-refractivity contribution is 6.17. The summed E-state index contributed by atoms with van der Waals surface area (Å²) in [6, 6.07) is 0.304. The molecule has 6 rings (SSSR count). The van der Waals surface area contributed by atoms with E-state index in [1.165, 1.54) is 11.2 Å². The van der Waals surface area contributed by atoms with Gasteiger partial charge in [-0.1, -0.05) is 5.16 Å². The number of carbonyl (C=O) groups is 2. The van der Waals surface area contributed by atoms with Gasteiger partial charge in [0.15, 0.2) is 18.2 Å². The van der Waals surface area contributed by atoms with Crippen LogP contribution in [0.15, 0.2) is 23.2 Å². The number of piperidine rings is 1. The van der Waals surface area contributed by atoms with Gasteiger partial charge in [0.1, 0.15) is 23.7 Å². The highest BCUT2D eigenvalue weighted by atomic mass is 16.6. The fourth-order valence-electron chi connectivity index (χ4n) is 4.90. The van der Waals surface area contributed by atoms with E-state index in [2.05, 4.69) is 30.4 Å². The lowest BCUT2D eigenvalue weighted by molar-refractivity contribution is -0.140. The minimum Gasteiger partial charge on any atom is -0.479 e. The van der Waals surface area contributed by atoms with E-state index < -0.39 is 18.7 Å². The molecule has 4 heterocycles. The molecule has 0 radical (unpaired) electrons. The van der Waals surface area contributed by atoms with Crippen LogP contribution in [0.2, 0.25) is 0 Å². The van der Waals surface area contributed by atoms with E-state index >= 15 is 0 Å². The molecule has 1 amide bonds. The van der Waals surface area contributed by atoms with Gasteiger partial charge in [-0.05, 0) is 50.0 Å². The number of nitrogens with one attached hydrogen (secondary N) is 2. The van der Waals surface area contributed by atoms with Gasteiger partial charge in [0.05, 0.1) is 16.8 Å². The molecule has 3 fully saturated rings. The molecule has 0 unspecified atom stereocenters. The summed E-state index contributed by atoms with van der Waals surface area (Å²) in [7, 11) is 0. The Hall–Kier alpha value is -4.62. The molecule has 3 aromatic heterocycles. The number of nitrogens with two attached hydrogens (primary N) is 1. The van der Waals surface area contributed by atoms with Crippen molar-refractivity contribution in [3.63, 3.8) is 0 Å². The van der Waals surface area contributed by atoms with Crippen molar-refractivity contribution in [2.75, 3.05) is 30.7 Å². The molecule has 0 atom stereocenters. The van der Waals surface area contributed by atoms with Crippen molar-refractivity contribution in [3.05, 3.63) is 41.3 Å². The van der Waals surface area contributed by atoms with Crippen LogP contribution in [0.1, 0.15) is 72.9 Å². The maximum Gasteiger partial charge on any atom is 0.410 e. The zero-order valence-corrected chi connectivity index (χ0v) is 21.7. The predicted octanol–water partition coefficient (Wildman–Crippen LogP) is 2.77. The Bertz CT molecular complexity index is 1440. The van der Waals surface area contributed by atoms with E-state index in [1.807, 2.05) is 0 Å². The van der Waals surface area contributed by atoms with Gasteiger partial charge >= 0.3 is 12.1 Å². The van der Waals surface area contributed by atoms with Crippen molar-refractivity contribution in [1.29, 1.82) is 5.41 Å². The lowest BCUT2D eigenvalue weighted by atomic mass is 9.91. The quantitative estimate of drug-likeness (QED) is 0.285. The van der Waals surface area contributed by atoms with Crippen LogP contribution in [0, 0.1) is 5.41 Å². The lowest BCUT2D eigenvalue weighted by Gasteiger charge is -2.31. The van der Waals surface area contributed by atoms with Crippen LogP contribution in [-0.4, -0.2) is 78.6 Å². The average Bonchev–Trinajstić information content (AvgIpc) is 3.91. The van der Waals surface area contributed by atoms with Crippen LogP contribution in [0.25, 0.3) is 11.4 Å². The third-order valence-electron chi connectivity index (χ3n) is 7.39. The average molecular weight is 548 g/mol. The number of carboxylic acid groups (broad SMARTS) is 1. The minimum atomic E-state index is -1.19. The molecule has 0 aromatic carbocycles. The SMILES string of the molecule is N=C(c1noc(C2CC2)c1-c1ncc(C2CCN(C(=O)OCC(=O)O)CC2)cn1)c1c(N)ncnc1NC1CC1. The van der Waals surface area contributed by atoms with Crippen LogP contribution < -0.4 is 11.1 Å². The van der Waals surface area contributed by atoms with Crippen molar-refractivity contribution in [3.8, 4) is 11.4 Å². The second-order valence-corrected chi connectivity index (χ2v) is 10.4. The first kappa shape index (κ1) is 25.6. The van der Waals surface area contributed by atoms with Crippen LogP contribution in [0.4, 0.5) is 16.4 Å². The summed E-state index contributed by atoms with van der Waals surface area (Å²) >= 11 is 0. The number of hydrogen-bond donors (Lipinski definition) is 4. The smallest absolute Gasteiger partial charge is 0.410 e. The molecule has 0 bridgehead atoms. The van der Waals surface area contributed by atoms with Crippen LogP contribution in [-0.2, 0) is 9.53 Å². The number of anilines is 2. The fourth-order valence-corrected chi connectivity index (χ4v) is 4.90. The van der Waals surface area contributed by atoms with Gasteiger partial charge in [-0.25, -0.2) is 29.5 Å². The second kappa shape index (κ2) is 10.5. The molecule has 208 valence electrons. The molecule has 14 nitrogen and oxygen atoms in total. The number of aliphatic carboxylic acids is 1. The molecular weight excluding hydrogens is 518 g/mol. The molecule has 3 aliphatic rings. The minimum absolute atomic E-state index is 0.0433. The summed E-state index contributed by atoms with van der Waals surface area (Å²) in [5, 5.41) is 25.3. The number of nitrogens with zero attached hydrogens (tertiary/aromatic N) is 6. The first-order chi connectivity index (χ1) is 19.4. The van der Waals surface area contributed by atoms with Crippen molar-refractivity contribution in [2.45, 2.75) is 56.4 Å². The number of nitrogen functional groups attached to an aromatic ring is 1. The van der Waals surface area contributed by atoms with Crippen LogP contribution in [0.3, 0.4) is 0 Å². The van der Waals surface area contributed by atoms with Crippen molar-refractivity contribution >= 4 is 29.4 Å². The van der Waals surface area contributed by atoms with E-state index in [0.29, 0.717) is 66.2 Å². The monoisotopic (exact) mass is 547 g/mol. The zero-order valence-electron chi connectivity index (χ0n) is 21.7. The van der Waals surface area contributed by atoms with E-state index in [-0.39, 0.29) is 23.4 Å². The number of ether oxygens (including phenoxy) is 1. The van der Waals surface area contributed by atoms with Crippen LogP contribution >= 0.6 is 0 Å². The number of carbonyl (C=O) groups excluding carboxylic acids is 1. The Morgan fingerprint density at radius 2 is 1.80 bits per heavy atom. The predicted molar refractivity (Wildman–Crippen MR) is 141 cm³/mol. The summed E-state index contributed by atoms with van der Waals surface area (Å²) in [6.07, 6.45) is 9.63. The Kier molecular flexibility index (Phi) is 6.74. The molecule has 14 heteroatoms. The van der Waals surface area contributed by atoms with E-state index in [9.17, 15) is 9.59 Å². The summed E-state index contributed by atoms with van der Waals surface area (Å²) < 4.78 is 10.5. The third-order valence-corrected chi connectivity index (χ3v) is 7.39. The maximum absolute atomic E-state index is 12.1. The molecule has 5 N–H and O–H groups in total. The Labute approximate surface area is 228 Å². The number of aromatic nitrogens is 5. The molecule has 2 aliphatic carbocycles. The number of amides is 1. The Morgan fingerprint density at radius 3 is 2.45 bits per heavy atom. The number of rotatable bonds is 9. The first-order valence-electron chi connectivity index (χ1n) is 13.3. The normalized spacial score (nSPS) is 17.4. The largest absolute Gasteiger partial charge is 0.479 e. The van der Waals surface area contributed by atoms with E-state index in [4.69, 9.17) is 25.5 Å². The first-order valence-corrected chi connectivity index (χ1v) is 13.3. The summed E-state index contributed by atoms with van der Waals surface area (Å²) in [6.45, 7) is 0.240. The van der Waals surface area contributed by atoms with Gasteiger partial charge in [0.2, 0.25) is 0 Å². The molecular formula is C26H29N9O5. The van der Waals surface area contributed by atoms with Gasteiger partial charge in [-0.2, -0.15) is 0 Å². The third kappa shape index (κ3) is 5.28. The zero-order chi connectivity index (χ0) is 27.8. The highest BCUT2D eigenvalue weighted by Crippen LogP contribution is 2.45. The van der Waals surface area contributed by atoms with Gasteiger partial charge < -0.3 is 30.3 Å². The van der Waals surface area contributed by atoms with Crippen molar-refractivity contribution < 1.29 is 24.0 Å². The fraction of sp³-hybridized carbons (Fsp3) is 0.462. The van der Waals surface area contributed by atoms with Crippen molar-refractivity contribution in [2.24, 2.45) is 0 Å². The molecule has 0 spiro atoms. The lowest BCUT2D eigenvalue weighted by Crippen LogP contribution is -2.39. The molecule has 1 aliphatic heterocycles. The summed E-state index contributed by atoms with van der Waals surface area (Å²) in [5.74, 6) is 0.897. The van der Waals surface area contributed by atoms with Gasteiger partial charge in [-0.15, -0.1) is 0 Å². The standard InChI is InChI=1S/C26H29N9O5/c27-20(18-23(28)31-12-32-25(18)33-16-3-4-16)21-19(22(40-34-21)14-1-2-14)24-29-9-15(10-30-24)13-5-7-35(8-6-13)26(38)39-11-17(36)37/h9-10,12-14,16,27H,1-8,11H2,(H,36,37)(H3,28,31,32,33). The second-order valence-electron chi connectivity index (χ2n) is 10.4. The van der Waals surface area contributed by atoms with Gasteiger partial charge in [-0.3, -0.25) is 5.41 Å². The van der Waals surface area contributed by atoms with Crippen molar-refractivity contribution in [1.82, 2.24) is 30.0 Å². The molecule has 1 saturated heterocycles. The summed E-state index contributed by atoms with van der Waals surface area (Å²) in [5.41, 5.74) is 8.42. The van der Waals surface area contributed by atoms with E-state index in [0.717, 1.165) is 31.2 Å². The summed E-state index contributed by atoms with van der Waals surface area (Å²) in [4.78, 5) is 42.0. The van der Waals surface area contributed by atoms with Crippen LogP contribution in [0.5, 0.6) is 0 Å². The number of carboxylic acids is 1. The molecule has 40 heavy (non-hydrogen) atoms. The Balaban J connectivity index is 1.22.